The maximum Gasteiger partial charge on any atom is 0.338 e. The molecule has 0 radical (unpaired) electrons. The Morgan fingerprint density at radius 2 is 1.61 bits per heavy atom. The van der Waals surface area contributed by atoms with E-state index in [9.17, 15) is 9.59 Å². The molecular weight excluding hydrogens is 411 g/mol. The Kier molecular flexibility index (Phi) is 5.97. The van der Waals surface area contributed by atoms with E-state index in [2.05, 4.69) is 22.6 Å². The van der Waals surface area contributed by atoms with Crippen molar-refractivity contribution in [2.45, 2.75) is 0 Å². The molecule has 5 nitrogen and oxygen atoms in total. The number of carbonyl (C=O) groups is 2. The maximum absolute atomic E-state index is 12.0. The van der Waals surface area contributed by atoms with E-state index in [0.29, 0.717) is 22.6 Å². The molecule has 0 spiro atoms. The largest absolute Gasteiger partial charge is 0.497 e. The van der Waals surface area contributed by atoms with Crippen LogP contribution in [0.15, 0.2) is 42.5 Å². The summed E-state index contributed by atoms with van der Waals surface area (Å²) in [4.78, 5) is 24.0. The molecule has 0 heterocycles. The number of rotatable bonds is 6. The lowest BCUT2D eigenvalue weighted by molar-refractivity contribution is 0.0474. The predicted octanol–water partition coefficient (Wildman–Crippen LogP) is 3.35. The molecule has 0 amide bonds. The van der Waals surface area contributed by atoms with Crippen LogP contribution in [-0.2, 0) is 4.74 Å². The van der Waals surface area contributed by atoms with Gasteiger partial charge in [-0.25, -0.2) is 4.79 Å². The highest BCUT2D eigenvalue weighted by Gasteiger charge is 2.13. The maximum atomic E-state index is 12.0. The summed E-state index contributed by atoms with van der Waals surface area (Å²) in [6.07, 6.45) is 0. The Bertz CT molecular complexity index is 709. The van der Waals surface area contributed by atoms with Crippen LogP contribution in [0.1, 0.15) is 20.7 Å². The van der Waals surface area contributed by atoms with Crippen LogP contribution in [0.25, 0.3) is 0 Å². The SMILES string of the molecule is COc1ccc(C(=O)COC(=O)c2ccc(OC)c(I)c2)cc1. The minimum Gasteiger partial charge on any atom is -0.497 e. The van der Waals surface area contributed by atoms with Crippen molar-refractivity contribution < 1.29 is 23.8 Å². The van der Waals surface area contributed by atoms with E-state index in [-0.39, 0.29) is 12.4 Å². The minimum absolute atomic E-state index is 0.274. The van der Waals surface area contributed by atoms with Crippen LogP contribution in [0.2, 0.25) is 0 Å². The monoisotopic (exact) mass is 426 g/mol. The van der Waals surface area contributed by atoms with Gasteiger partial charge < -0.3 is 14.2 Å². The van der Waals surface area contributed by atoms with Gasteiger partial charge in [-0.3, -0.25) is 4.79 Å². The van der Waals surface area contributed by atoms with Gasteiger partial charge in [0, 0.05) is 5.56 Å². The van der Waals surface area contributed by atoms with Gasteiger partial charge in [0.25, 0.3) is 0 Å². The van der Waals surface area contributed by atoms with Crippen molar-refractivity contribution in [3.05, 3.63) is 57.2 Å². The second-order valence-corrected chi connectivity index (χ2v) is 5.74. The predicted molar refractivity (Wildman–Crippen MR) is 93.3 cm³/mol. The second kappa shape index (κ2) is 7.96. The Morgan fingerprint density at radius 3 is 2.17 bits per heavy atom. The van der Waals surface area contributed by atoms with Gasteiger partial charge >= 0.3 is 5.97 Å². The number of hydrogen-bond acceptors (Lipinski definition) is 5. The molecule has 2 rings (SSSR count). The first-order chi connectivity index (χ1) is 11.0. The molecule has 6 heteroatoms. The Balaban J connectivity index is 1.97. The van der Waals surface area contributed by atoms with Crippen molar-refractivity contribution in [2.75, 3.05) is 20.8 Å². The summed E-state index contributed by atoms with van der Waals surface area (Å²) in [7, 11) is 3.11. The van der Waals surface area contributed by atoms with Crippen LogP contribution in [0.3, 0.4) is 0 Å². The van der Waals surface area contributed by atoms with Gasteiger partial charge in [-0.05, 0) is 65.1 Å². The Labute approximate surface area is 147 Å². The van der Waals surface area contributed by atoms with E-state index in [1.807, 2.05) is 0 Å². The van der Waals surface area contributed by atoms with Crippen molar-refractivity contribution in [3.63, 3.8) is 0 Å². The smallest absolute Gasteiger partial charge is 0.338 e. The third-order valence-electron chi connectivity index (χ3n) is 3.13. The fraction of sp³-hybridized carbons (Fsp3) is 0.176. The highest BCUT2D eigenvalue weighted by molar-refractivity contribution is 14.1. The van der Waals surface area contributed by atoms with Gasteiger partial charge in [0.1, 0.15) is 11.5 Å². The molecule has 0 unspecified atom stereocenters. The summed E-state index contributed by atoms with van der Waals surface area (Å²) in [5.74, 6) is 0.513. The number of ketones is 1. The van der Waals surface area contributed by atoms with E-state index < -0.39 is 5.97 Å². The molecule has 0 atom stereocenters. The van der Waals surface area contributed by atoms with Crippen molar-refractivity contribution in [2.24, 2.45) is 0 Å². The van der Waals surface area contributed by atoms with Crippen molar-refractivity contribution in [1.29, 1.82) is 0 Å². The standard InChI is InChI=1S/C17H15IO5/c1-21-13-6-3-11(4-7-13)15(19)10-23-17(20)12-5-8-16(22-2)14(18)9-12/h3-9H,10H2,1-2H3. The van der Waals surface area contributed by atoms with Crippen LogP contribution in [0.4, 0.5) is 0 Å². The third kappa shape index (κ3) is 4.44. The molecular formula is C17H15IO5. The molecule has 120 valence electrons. The molecule has 0 aliphatic heterocycles. The fourth-order valence-electron chi connectivity index (χ4n) is 1.87. The minimum atomic E-state index is -0.549. The number of Topliss-reactive ketones (excluding diaryl/α,β-unsaturated/α-hetero) is 1. The van der Waals surface area contributed by atoms with E-state index >= 15 is 0 Å². The number of hydrogen-bond donors (Lipinski definition) is 0. The molecule has 0 fully saturated rings. The molecule has 0 N–H and O–H groups in total. The van der Waals surface area contributed by atoms with Crippen LogP contribution >= 0.6 is 22.6 Å². The zero-order valence-electron chi connectivity index (χ0n) is 12.7. The molecule has 2 aromatic rings. The molecule has 0 saturated carbocycles. The highest BCUT2D eigenvalue weighted by Crippen LogP contribution is 2.22. The van der Waals surface area contributed by atoms with Gasteiger partial charge in [-0.2, -0.15) is 0 Å². The summed E-state index contributed by atoms with van der Waals surface area (Å²) in [5.41, 5.74) is 0.834. The molecule has 23 heavy (non-hydrogen) atoms. The zero-order valence-corrected chi connectivity index (χ0v) is 14.8. The normalized spacial score (nSPS) is 10.0. The number of carbonyl (C=O) groups excluding carboxylic acids is 2. The summed E-state index contributed by atoms with van der Waals surface area (Å²) in [6.45, 7) is -0.312. The van der Waals surface area contributed by atoms with E-state index in [1.54, 1.807) is 56.7 Å². The lowest BCUT2D eigenvalue weighted by atomic mass is 10.1. The van der Waals surface area contributed by atoms with Gasteiger partial charge in [0.15, 0.2) is 12.4 Å². The van der Waals surface area contributed by atoms with Gasteiger partial charge in [0.05, 0.1) is 23.4 Å². The number of halogens is 1. The number of methoxy groups -OCH3 is 2. The zero-order chi connectivity index (χ0) is 16.8. The van der Waals surface area contributed by atoms with Crippen LogP contribution in [0.5, 0.6) is 11.5 Å². The van der Waals surface area contributed by atoms with Crippen LogP contribution < -0.4 is 9.47 Å². The van der Waals surface area contributed by atoms with Crippen LogP contribution in [-0.4, -0.2) is 32.6 Å². The topological polar surface area (TPSA) is 61.8 Å². The van der Waals surface area contributed by atoms with E-state index in [1.165, 1.54) is 0 Å². The van der Waals surface area contributed by atoms with Gasteiger partial charge in [0.2, 0.25) is 0 Å². The van der Waals surface area contributed by atoms with Crippen molar-refractivity contribution >= 4 is 34.3 Å². The first kappa shape index (κ1) is 17.3. The number of benzene rings is 2. The first-order valence-corrected chi connectivity index (χ1v) is 7.81. The van der Waals surface area contributed by atoms with E-state index in [0.717, 1.165) is 3.57 Å². The summed E-state index contributed by atoms with van der Waals surface area (Å²) < 4.78 is 16.0. The number of esters is 1. The molecule has 0 saturated heterocycles. The number of ether oxygens (including phenoxy) is 3. The van der Waals surface area contributed by atoms with Gasteiger partial charge in [-0.15, -0.1) is 0 Å². The summed E-state index contributed by atoms with van der Waals surface area (Å²) in [6, 6.07) is 11.6. The first-order valence-electron chi connectivity index (χ1n) is 6.73. The van der Waals surface area contributed by atoms with Crippen LogP contribution in [0, 0.1) is 3.57 Å². The lowest BCUT2D eigenvalue weighted by Crippen LogP contribution is -2.14. The molecule has 0 aromatic heterocycles. The second-order valence-electron chi connectivity index (χ2n) is 4.58. The lowest BCUT2D eigenvalue weighted by Gasteiger charge is -2.07. The van der Waals surface area contributed by atoms with Crippen molar-refractivity contribution in [1.82, 2.24) is 0 Å². The Hall–Kier alpha value is -2.09. The molecule has 0 bridgehead atoms. The molecule has 0 aliphatic rings. The highest BCUT2D eigenvalue weighted by atomic mass is 127. The molecule has 0 aliphatic carbocycles. The summed E-state index contributed by atoms with van der Waals surface area (Å²) >= 11 is 2.07. The van der Waals surface area contributed by atoms with E-state index in [4.69, 9.17) is 14.2 Å². The quantitative estimate of drug-likeness (QED) is 0.403. The third-order valence-corrected chi connectivity index (χ3v) is 3.98. The van der Waals surface area contributed by atoms with Crippen molar-refractivity contribution in [3.8, 4) is 11.5 Å². The van der Waals surface area contributed by atoms with Gasteiger partial charge in [-0.1, -0.05) is 0 Å². The molecule has 2 aromatic carbocycles. The average molecular weight is 426 g/mol. The fourth-order valence-corrected chi connectivity index (χ4v) is 2.60. The summed E-state index contributed by atoms with van der Waals surface area (Å²) in [5, 5.41) is 0. The Morgan fingerprint density at radius 1 is 0.957 bits per heavy atom. The average Bonchev–Trinajstić information content (AvgIpc) is 2.59.